The van der Waals surface area contributed by atoms with E-state index in [0.29, 0.717) is 5.56 Å². The van der Waals surface area contributed by atoms with Gasteiger partial charge in [0.15, 0.2) is 0 Å². The number of nitro groups is 1. The highest BCUT2D eigenvalue weighted by Gasteiger charge is 2.20. The van der Waals surface area contributed by atoms with Crippen molar-refractivity contribution in [3.63, 3.8) is 0 Å². The molecule has 0 spiro atoms. The molecule has 3 rings (SSSR count). The van der Waals surface area contributed by atoms with Crippen molar-refractivity contribution in [1.29, 1.82) is 5.26 Å². The molecule has 1 aliphatic rings. The number of aryl methyl sites for hydroxylation is 1. The third kappa shape index (κ3) is 4.48. The Bertz CT molecular complexity index is 885. The molecule has 6 heteroatoms. The minimum absolute atomic E-state index is 0.0354. The highest BCUT2D eigenvalue weighted by Crippen LogP contribution is 2.35. The van der Waals surface area contributed by atoms with Crippen molar-refractivity contribution < 1.29 is 4.92 Å². The zero-order valence-electron chi connectivity index (χ0n) is 16.1. The summed E-state index contributed by atoms with van der Waals surface area (Å²) in [6.07, 6.45) is 11.2. The number of nitriles is 1. The maximum absolute atomic E-state index is 11.0. The first kappa shape index (κ1) is 19.8. The van der Waals surface area contributed by atoms with Gasteiger partial charge in [-0.25, -0.2) is 4.98 Å². The summed E-state index contributed by atoms with van der Waals surface area (Å²) in [4.78, 5) is 15.2. The van der Waals surface area contributed by atoms with Gasteiger partial charge in [-0.15, -0.1) is 0 Å². The van der Waals surface area contributed by atoms with E-state index < -0.39 is 4.92 Å². The Morgan fingerprint density at radius 3 is 2.11 bits per heavy atom. The second kappa shape index (κ2) is 9.32. The summed E-state index contributed by atoms with van der Waals surface area (Å²) in [6, 6.07) is 8.60. The molecule has 0 atom stereocenters. The minimum Gasteiger partial charge on any atom is -0.383 e. The summed E-state index contributed by atoms with van der Waals surface area (Å²) in [7, 11) is 0. The molecule has 2 N–H and O–H groups in total. The molecule has 1 aliphatic carbocycles. The van der Waals surface area contributed by atoms with Crippen molar-refractivity contribution in [2.75, 3.05) is 5.73 Å². The normalized spacial score (nSPS) is 15.5. The van der Waals surface area contributed by atoms with Crippen LogP contribution >= 0.6 is 0 Å². The number of aromatic nitrogens is 1. The first-order chi connectivity index (χ1) is 13.6. The lowest BCUT2D eigenvalue weighted by molar-refractivity contribution is -0.384. The number of rotatable bonds is 2. The summed E-state index contributed by atoms with van der Waals surface area (Å²) >= 11 is 0. The van der Waals surface area contributed by atoms with Gasteiger partial charge in [0, 0.05) is 23.4 Å². The lowest BCUT2D eigenvalue weighted by Crippen LogP contribution is -2.09. The van der Waals surface area contributed by atoms with Gasteiger partial charge in [-0.2, -0.15) is 5.26 Å². The molecular weight excluding hydrogens is 352 g/mol. The fraction of sp³-hybridized carbons (Fsp3) is 0.455. The van der Waals surface area contributed by atoms with Gasteiger partial charge in [-0.05, 0) is 48.9 Å². The second-order valence-electron chi connectivity index (χ2n) is 7.42. The third-order valence-corrected chi connectivity index (χ3v) is 5.48. The average molecular weight is 378 g/mol. The third-order valence-electron chi connectivity index (χ3n) is 5.48. The zero-order valence-corrected chi connectivity index (χ0v) is 16.1. The van der Waals surface area contributed by atoms with Crippen LogP contribution in [0.1, 0.15) is 68.2 Å². The van der Waals surface area contributed by atoms with E-state index in [1.807, 2.05) is 0 Å². The van der Waals surface area contributed by atoms with Crippen LogP contribution in [-0.4, -0.2) is 9.91 Å². The predicted molar refractivity (Wildman–Crippen MR) is 110 cm³/mol. The zero-order chi connectivity index (χ0) is 19.9. The van der Waals surface area contributed by atoms with E-state index >= 15 is 0 Å². The monoisotopic (exact) mass is 378 g/mol. The van der Waals surface area contributed by atoms with E-state index in [-0.39, 0.29) is 11.5 Å². The molecule has 0 saturated heterocycles. The summed E-state index contributed by atoms with van der Waals surface area (Å²) in [5, 5.41) is 20.7. The van der Waals surface area contributed by atoms with Crippen LogP contribution in [0.4, 0.5) is 11.5 Å². The van der Waals surface area contributed by atoms with E-state index in [9.17, 15) is 15.4 Å². The van der Waals surface area contributed by atoms with E-state index in [2.05, 4.69) is 11.1 Å². The number of fused-ring (bicyclic) bond motifs is 1. The van der Waals surface area contributed by atoms with E-state index in [1.165, 1.54) is 44.2 Å². The lowest BCUT2D eigenvalue weighted by Gasteiger charge is -2.18. The number of nitrogen functional groups attached to an aromatic ring is 1. The summed E-state index contributed by atoms with van der Waals surface area (Å²) in [6.45, 7) is 0. The van der Waals surface area contributed by atoms with Crippen LogP contribution in [0.2, 0.25) is 0 Å². The molecule has 2 aromatic rings. The molecule has 0 amide bonds. The van der Waals surface area contributed by atoms with Crippen molar-refractivity contribution >= 4 is 11.5 Å². The maximum Gasteiger partial charge on any atom is 0.269 e. The predicted octanol–water partition coefficient (Wildman–Crippen LogP) is 5.33. The Morgan fingerprint density at radius 2 is 1.54 bits per heavy atom. The Balaban J connectivity index is 2.10. The van der Waals surface area contributed by atoms with Gasteiger partial charge in [-0.1, -0.05) is 38.5 Å². The SMILES string of the molecule is N#Cc1c(N)nc2c(c1-c1ccc([N+](=O)[O-])cc1)CCCCCCCCCC2. The first-order valence-corrected chi connectivity index (χ1v) is 10.1. The van der Waals surface area contributed by atoms with Gasteiger partial charge in [0.1, 0.15) is 17.5 Å². The summed E-state index contributed by atoms with van der Waals surface area (Å²) in [5.41, 5.74) is 10.2. The van der Waals surface area contributed by atoms with Crippen LogP contribution in [0.3, 0.4) is 0 Å². The van der Waals surface area contributed by atoms with Crippen LogP contribution in [0.15, 0.2) is 24.3 Å². The molecule has 0 radical (unpaired) electrons. The van der Waals surface area contributed by atoms with Gasteiger partial charge in [0.2, 0.25) is 0 Å². The van der Waals surface area contributed by atoms with Crippen LogP contribution in [0, 0.1) is 21.4 Å². The van der Waals surface area contributed by atoms with E-state index in [0.717, 1.165) is 54.5 Å². The molecule has 1 aromatic heterocycles. The van der Waals surface area contributed by atoms with E-state index in [1.54, 1.807) is 12.1 Å². The Morgan fingerprint density at radius 1 is 0.964 bits per heavy atom. The fourth-order valence-corrected chi connectivity index (χ4v) is 4.00. The maximum atomic E-state index is 11.0. The molecule has 1 aromatic carbocycles. The highest BCUT2D eigenvalue weighted by molar-refractivity contribution is 5.79. The molecule has 28 heavy (non-hydrogen) atoms. The minimum atomic E-state index is -0.416. The molecule has 0 fully saturated rings. The number of benzene rings is 1. The number of pyridine rings is 1. The highest BCUT2D eigenvalue weighted by atomic mass is 16.6. The Hall–Kier alpha value is -2.94. The van der Waals surface area contributed by atoms with Gasteiger partial charge >= 0.3 is 0 Å². The molecule has 0 bridgehead atoms. The van der Waals surface area contributed by atoms with Crippen LogP contribution in [0.25, 0.3) is 11.1 Å². The van der Waals surface area contributed by atoms with Crippen molar-refractivity contribution in [1.82, 2.24) is 4.98 Å². The Labute approximate surface area is 165 Å². The number of hydrogen-bond donors (Lipinski definition) is 1. The number of nitro benzene ring substituents is 1. The van der Waals surface area contributed by atoms with E-state index in [4.69, 9.17) is 5.73 Å². The van der Waals surface area contributed by atoms with Gasteiger partial charge < -0.3 is 5.73 Å². The number of non-ortho nitro benzene ring substituents is 1. The average Bonchev–Trinajstić information content (AvgIpc) is 2.68. The molecule has 0 saturated carbocycles. The largest absolute Gasteiger partial charge is 0.383 e. The topological polar surface area (TPSA) is 106 Å². The van der Waals surface area contributed by atoms with Gasteiger partial charge in [-0.3, -0.25) is 10.1 Å². The summed E-state index contributed by atoms with van der Waals surface area (Å²) < 4.78 is 0. The van der Waals surface area contributed by atoms with Crippen molar-refractivity contribution in [2.45, 2.75) is 64.2 Å². The van der Waals surface area contributed by atoms with Gasteiger partial charge in [0.25, 0.3) is 5.69 Å². The molecule has 0 aliphatic heterocycles. The number of hydrogen-bond acceptors (Lipinski definition) is 5. The molecule has 6 nitrogen and oxygen atoms in total. The molecule has 0 unspecified atom stereocenters. The fourth-order valence-electron chi connectivity index (χ4n) is 4.00. The van der Waals surface area contributed by atoms with Crippen molar-refractivity contribution in [2.24, 2.45) is 0 Å². The summed E-state index contributed by atoms with van der Waals surface area (Å²) in [5.74, 6) is 0.252. The number of anilines is 1. The second-order valence-corrected chi connectivity index (χ2v) is 7.42. The molecular formula is C22H26N4O2. The van der Waals surface area contributed by atoms with Crippen molar-refractivity contribution in [3.05, 3.63) is 51.2 Å². The quantitative estimate of drug-likeness (QED) is 0.561. The first-order valence-electron chi connectivity index (χ1n) is 10.1. The van der Waals surface area contributed by atoms with Crippen LogP contribution < -0.4 is 5.73 Å². The van der Waals surface area contributed by atoms with Gasteiger partial charge in [0.05, 0.1) is 4.92 Å². The molecule has 146 valence electrons. The van der Waals surface area contributed by atoms with Crippen molar-refractivity contribution in [3.8, 4) is 17.2 Å². The molecule has 1 heterocycles. The van der Waals surface area contributed by atoms with Crippen LogP contribution in [-0.2, 0) is 12.8 Å². The van der Waals surface area contributed by atoms with Crippen LogP contribution in [0.5, 0.6) is 0 Å². The number of nitrogens with zero attached hydrogens (tertiary/aromatic N) is 3. The lowest BCUT2D eigenvalue weighted by atomic mass is 9.89. The number of nitrogens with two attached hydrogens (primary N) is 1. The smallest absolute Gasteiger partial charge is 0.269 e. The standard InChI is InChI=1S/C22H26N4O2/c23-15-19-21(16-11-13-17(14-12-16)26(27)28)18-9-7-5-3-1-2-4-6-8-10-20(18)25-22(19)24/h11-14H,1-10H2,(H2,24,25). The Kier molecular flexibility index (Phi) is 6.59.